The molecule has 0 rings (SSSR count). The second-order valence-electron chi connectivity index (χ2n) is 3.87. The highest BCUT2D eigenvalue weighted by atomic mass is 16.5. The molecule has 0 unspecified atom stereocenters. The van der Waals surface area contributed by atoms with E-state index >= 15 is 0 Å². The van der Waals surface area contributed by atoms with Gasteiger partial charge in [0.1, 0.15) is 5.78 Å². The van der Waals surface area contributed by atoms with Crippen molar-refractivity contribution in [3.63, 3.8) is 0 Å². The average Bonchev–Trinajstić information content (AvgIpc) is 2.03. The second kappa shape index (κ2) is 4.61. The zero-order valence-electron chi connectivity index (χ0n) is 8.81. The largest absolute Gasteiger partial charge is 0.384 e. The maximum Gasteiger partial charge on any atom is 0.143 e. The van der Waals surface area contributed by atoms with Crippen LogP contribution in [-0.4, -0.2) is 19.5 Å². The van der Waals surface area contributed by atoms with E-state index in [1.54, 1.807) is 7.11 Å². The predicted molar refractivity (Wildman–Crippen MR) is 50.1 cm³/mol. The Morgan fingerprint density at radius 2 is 2.00 bits per heavy atom. The first-order valence-electron chi connectivity index (χ1n) is 4.51. The van der Waals surface area contributed by atoms with E-state index in [2.05, 4.69) is 0 Å². The van der Waals surface area contributed by atoms with Gasteiger partial charge in [0.25, 0.3) is 0 Å². The van der Waals surface area contributed by atoms with Gasteiger partial charge in [-0.05, 0) is 6.42 Å². The Morgan fingerprint density at radius 1 is 1.50 bits per heavy atom. The van der Waals surface area contributed by atoms with Crippen LogP contribution in [0.15, 0.2) is 0 Å². The highest BCUT2D eigenvalue weighted by Gasteiger charge is 2.32. The lowest BCUT2D eigenvalue weighted by molar-refractivity contribution is -0.134. The van der Waals surface area contributed by atoms with Gasteiger partial charge in [-0.25, -0.2) is 0 Å². The smallest absolute Gasteiger partial charge is 0.143 e. The summed E-state index contributed by atoms with van der Waals surface area (Å²) >= 11 is 0. The number of methoxy groups -OCH3 is 1. The van der Waals surface area contributed by atoms with Crippen molar-refractivity contribution in [1.82, 2.24) is 0 Å². The lowest BCUT2D eigenvalue weighted by atomic mass is 9.79. The van der Waals surface area contributed by atoms with Gasteiger partial charge in [-0.2, -0.15) is 0 Å². The summed E-state index contributed by atoms with van der Waals surface area (Å²) in [6, 6.07) is 0. The van der Waals surface area contributed by atoms with Crippen LogP contribution in [0, 0.1) is 11.3 Å². The summed E-state index contributed by atoms with van der Waals surface area (Å²) in [4.78, 5) is 11.7. The molecule has 0 aromatic carbocycles. The maximum absolute atomic E-state index is 11.7. The fraction of sp³-hybridized carbons (Fsp3) is 0.900. The topological polar surface area (TPSA) is 26.3 Å². The number of ether oxygens (including phenoxy) is 1. The van der Waals surface area contributed by atoms with E-state index < -0.39 is 0 Å². The molecule has 0 fully saturated rings. The minimum absolute atomic E-state index is 0.102. The van der Waals surface area contributed by atoms with Crippen LogP contribution in [-0.2, 0) is 9.53 Å². The molecule has 0 aliphatic rings. The summed E-state index contributed by atoms with van der Waals surface area (Å²) < 4.78 is 5.05. The second-order valence-corrected chi connectivity index (χ2v) is 3.87. The van der Waals surface area contributed by atoms with Crippen molar-refractivity contribution in [2.45, 2.75) is 34.1 Å². The monoisotopic (exact) mass is 172 g/mol. The number of carbonyl (C=O) groups excluding carboxylic acids is 1. The Bertz CT molecular complexity index is 152. The van der Waals surface area contributed by atoms with Crippen LogP contribution >= 0.6 is 0 Å². The van der Waals surface area contributed by atoms with Gasteiger partial charge in [0.2, 0.25) is 0 Å². The van der Waals surface area contributed by atoms with Gasteiger partial charge in [-0.1, -0.05) is 27.7 Å². The van der Waals surface area contributed by atoms with Crippen LogP contribution in [0.5, 0.6) is 0 Å². The first-order chi connectivity index (χ1) is 5.48. The SMILES string of the molecule is CC[C@@](C)(COC)C(=O)C(C)C. The van der Waals surface area contributed by atoms with Crippen LogP contribution < -0.4 is 0 Å². The molecule has 0 aromatic rings. The molecule has 0 aliphatic carbocycles. The molecule has 2 nitrogen and oxygen atoms in total. The van der Waals surface area contributed by atoms with Crippen molar-refractivity contribution in [2.75, 3.05) is 13.7 Å². The molecule has 12 heavy (non-hydrogen) atoms. The number of hydrogen-bond acceptors (Lipinski definition) is 2. The van der Waals surface area contributed by atoms with Gasteiger partial charge >= 0.3 is 0 Å². The first-order valence-corrected chi connectivity index (χ1v) is 4.51. The molecule has 0 amide bonds. The van der Waals surface area contributed by atoms with Gasteiger partial charge in [-0.15, -0.1) is 0 Å². The molecule has 0 bridgehead atoms. The number of Topliss-reactive ketones (excluding diaryl/α,β-unsaturated/α-hetero) is 1. The molecule has 0 radical (unpaired) electrons. The van der Waals surface area contributed by atoms with Crippen LogP contribution in [0.25, 0.3) is 0 Å². The van der Waals surface area contributed by atoms with Crippen LogP contribution in [0.3, 0.4) is 0 Å². The Labute approximate surface area is 75.3 Å². The quantitative estimate of drug-likeness (QED) is 0.636. The van der Waals surface area contributed by atoms with E-state index in [1.807, 2.05) is 27.7 Å². The van der Waals surface area contributed by atoms with E-state index in [1.165, 1.54) is 0 Å². The number of hydrogen-bond donors (Lipinski definition) is 0. The standard InChI is InChI=1S/C10H20O2/c1-6-10(4,7-12-5)9(11)8(2)3/h8H,6-7H2,1-5H3/t10-/m0/s1. The summed E-state index contributed by atoms with van der Waals surface area (Å²) in [5.74, 6) is 0.400. The van der Waals surface area contributed by atoms with Gasteiger partial charge in [0.15, 0.2) is 0 Å². The predicted octanol–water partition coefficient (Wildman–Crippen LogP) is 2.27. The molecule has 2 heteroatoms. The Kier molecular flexibility index (Phi) is 4.46. The normalized spacial score (nSPS) is 16.2. The lowest BCUT2D eigenvalue weighted by Gasteiger charge is -2.27. The minimum Gasteiger partial charge on any atom is -0.384 e. The van der Waals surface area contributed by atoms with Crippen molar-refractivity contribution >= 4 is 5.78 Å². The molecule has 0 saturated carbocycles. The van der Waals surface area contributed by atoms with E-state index in [-0.39, 0.29) is 11.3 Å². The maximum atomic E-state index is 11.7. The first kappa shape index (κ1) is 11.6. The number of rotatable bonds is 5. The molecule has 0 aromatic heterocycles. The van der Waals surface area contributed by atoms with Crippen LogP contribution in [0.4, 0.5) is 0 Å². The fourth-order valence-corrected chi connectivity index (χ4v) is 1.36. The van der Waals surface area contributed by atoms with Gasteiger partial charge in [0.05, 0.1) is 6.61 Å². The van der Waals surface area contributed by atoms with Crippen molar-refractivity contribution in [2.24, 2.45) is 11.3 Å². The summed E-state index contributed by atoms with van der Waals surface area (Å²) in [6.07, 6.45) is 0.845. The summed E-state index contributed by atoms with van der Waals surface area (Å²) in [6.45, 7) is 8.40. The fourth-order valence-electron chi connectivity index (χ4n) is 1.36. The molecule has 72 valence electrons. The molecule has 0 N–H and O–H groups in total. The zero-order chi connectivity index (χ0) is 9.78. The van der Waals surface area contributed by atoms with Gasteiger partial charge < -0.3 is 4.74 Å². The molecule has 0 heterocycles. The number of ketones is 1. The van der Waals surface area contributed by atoms with Crippen molar-refractivity contribution in [3.8, 4) is 0 Å². The van der Waals surface area contributed by atoms with Gasteiger partial charge in [-0.3, -0.25) is 4.79 Å². The van der Waals surface area contributed by atoms with E-state index in [0.717, 1.165) is 6.42 Å². The Morgan fingerprint density at radius 3 is 2.25 bits per heavy atom. The third kappa shape index (κ3) is 2.59. The highest BCUT2D eigenvalue weighted by Crippen LogP contribution is 2.26. The van der Waals surface area contributed by atoms with E-state index in [9.17, 15) is 4.79 Å². The summed E-state index contributed by atoms with van der Waals surface area (Å²) in [7, 11) is 1.64. The molecule has 0 spiro atoms. The van der Waals surface area contributed by atoms with Crippen molar-refractivity contribution in [1.29, 1.82) is 0 Å². The number of carbonyl (C=O) groups is 1. The molecule has 0 saturated heterocycles. The highest BCUT2D eigenvalue weighted by molar-refractivity contribution is 5.86. The van der Waals surface area contributed by atoms with Gasteiger partial charge in [0, 0.05) is 18.4 Å². The summed E-state index contributed by atoms with van der Waals surface area (Å²) in [5.41, 5.74) is -0.289. The molecular formula is C10H20O2. The lowest BCUT2D eigenvalue weighted by Crippen LogP contribution is -2.35. The molecule has 0 aliphatic heterocycles. The van der Waals surface area contributed by atoms with Crippen molar-refractivity contribution < 1.29 is 9.53 Å². The van der Waals surface area contributed by atoms with Crippen LogP contribution in [0.2, 0.25) is 0 Å². The minimum atomic E-state index is -0.289. The summed E-state index contributed by atoms with van der Waals surface area (Å²) in [5, 5.41) is 0. The zero-order valence-corrected chi connectivity index (χ0v) is 8.81. The Balaban J connectivity index is 4.40. The third-order valence-electron chi connectivity index (χ3n) is 2.36. The van der Waals surface area contributed by atoms with Crippen LogP contribution in [0.1, 0.15) is 34.1 Å². The Hall–Kier alpha value is -0.370. The van der Waals surface area contributed by atoms with E-state index in [4.69, 9.17) is 4.74 Å². The third-order valence-corrected chi connectivity index (χ3v) is 2.36. The molecular weight excluding hydrogens is 152 g/mol. The molecule has 1 atom stereocenters. The van der Waals surface area contributed by atoms with Crippen molar-refractivity contribution in [3.05, 3.63) is 0 Å². The van der Waals surface area contributed by atoms with E-state index in [0.29, 0.717) is 12.4 Å². The average molecular weight is 172 g/mol.